The van der Waals surface area contributed by atoms with E-state index in [0.29, 0.717) is 0 Å². The maximum Gasteiger partial charge on any atom is 0.157 e. The number of carbonyl (C=O) groups is 1. The molecule has 0 amide bonds. The summed E-state index contributed by atoms with van der Waals surface area (Å²) in [5.74, 6) is 0.260. The van der Waals surface area contributed by atoms with Crippen LogP contribution in [0, 0.1) is 17.2 Å². The van der Waals surface area contributed by atoms with Crippen LogP contribution in [0.15, 0.2) is 24.3 Å². The SMILES string of the molecule is COc1ccc(C(C#N)C(=O)C2CCCCCCC2)cc1. The van der Waals surface area contributed by atoms with Gasteiger partial charge < -0.3 is 4.74 Å². The Morgan fingerprint density at radius 1 is 1.14 bits per heavy atom. The number of rotatable bonds is 4. The number of methoxy groups -OCH3 is 1. The number of hydrogen-bond acceptors (Lipinski definition) is 3. The summed E-state index contributed by atoms with van der Waals surface area (Å²) in [6.45, 7) is 0. The summed E-state index contributed by atoms with van der Waals surface area (Å²) in [6.07, 6.45) is 7.79. The van der Waals surface area contributed by atoms with Crippen LogP contribution in [0.2, 0.25) is 0 Å². The van der Waals surface area contributed by atoms with Crippen molar-refractivity contribution < 1.29 is 9.53 Å². The van der Waals surface area contributed by atoms with Gasteiger partial charge in [-0.3, -0.25) is 4.79 Å². The molecule has 0 aromatic heterocycles. The molecule has 112 valence electrons. The van der Waals surface area contributed by atoms with Crippen LogP contribution in [0.1, 0.15) is 56.4 Å². The number of nitriles is 1. The molecule has 0 spiro atoms. The molecular formula is C18H23NO2. The maximum atomic E-state index is 12.7. The van der Waals surface area contributed by atoms with Gasteiger partial charge in [0.15, 0.2) is 5.78 Å². The van der Waals surface area contributed by atoms with Gasteiger partial charge in [0.2, 0.25) is 0 Å². The van der Waals surface area contributed by atoms with Crippen molar-refractivity contribution in [1.82, 2.24) is 0 Å². The topological polar surface area (TPSA) is 50.1 Å². The minimum atomic E-state index is -0.639. The number of Topliss-reactive ketones (excluding diaryl/α,β-unsaturated/α-hetero) is 1. The zero-order valence-corrected chi connectivity index (χ0v) is 12.7. The van der Waals surface area contributed by atoms with Crippen molar-refractivity contribution in [3.8, 4) is 11.8 Å². The number of ether oxygens (including phenoxy) is 1. The summed E-state index contributed by atoms with van der Waals surface area (Å²) < 4.78 is 5.12. The smallest absolute Gasteiger partial charge is 0.157 e. The first-order chi connectivity index (χ1) is 10.3. The van der Waals surface area contributed by atoms with Gasteiger partial charge >= 0.3 is 0 Å². The molecule has 0 heterocycles. The lowest BCUT2D eigenvalue weighted by Crippen LogP contribution is -2.22. The Morgan fingerprint density at radius 2 is 1.71 bits per heavy atom. The first-order valence-corrected chi connectivity index (χ1v) is 7.83. The number of nitrogens with zero attached hydrogens (tertiary/aromatic N) is 1. The minimum Gasteiger partial charge on any atom is -0.497 e. The Hall–Kier alpha value is -1.82. The van der Waals surface area contributed by atoms with Gasteiger partial charge in [-0.15, -0.1) is 0 Å². The van der Waals surface area contributed by atoms with E-state index in [1.165, 1.54) is 19.3 Å². The molecule has 1 aliphatic carbocycles. The van der Waals surface area contributed by atoms with Crippen molar-refractivity contribution in [2.75, 3.05) is 7.11 Å². The average Bonchev–Trinajstić information content (AvgIpc) is 2.48. The molecule has 1 saturated carbocycles. The molecule has 0 N–H and O–H groups in total. The van der Waals surface area contributed by atoms with E-state index in [-0.39, 0.29) is 11.7 Å². The average molecular weight is 285 g/mol. The normalized spacial score (nSPS) is 18.1. The molecule has 1 aliphatic rings. The zero-order valence-electron chi connectivity index (χ0n) is 12.7. The summed E-state index contributed by atoms with van der Waals surface area (Å²) in [6, 6.07) is 9.47. The lowest BCUT2D eigenvalue weighted by molar-refractivity contribution is -0.123. The quantitative estimate of drug-likeness (QED) is 0.831. The second-order valence-corrected chi connectivity index (χ2v) is 5.78. The van der Waals surface area contributed by atoms with E-state index < -0.39 is 5.92 Å². The van der Waals surface area contributed by atoms with E-state index in [0.717, 1.165) is 37.0 Å². The summed E-state index contributed by atoms with van der Waals surface area (Å²) in [5.41, 5.74) is 0.783. The monoisotopic (exact) mass is 285 g/mol. The van der Waals surface area contributed by atoms with Crippen molar-refractivity contribution in [3.05, 3.63) is 29.8 Å². The Morgan fingerprint density at radius 3 is 2.24 bits per heavy atom. The van der Waals surface area contributed by atoms with Gasteiger partial charge in [0, 0.05) is 5.92 Å². The lowest BCUT2D eigenvalue weighted by atomic mass is 9.81. The zero-order chi connectivity index (χ0) is 15.1. The van der Waals surface area contributed by atoms with Crippen LogP contribution in [-0.2, 0) is 4.79 Å². The molecule has 21 heavy (non-hydrogen) atoms. The molecule has 1 aromatic carbocycles. The third-order valence-electron chi connectivity index (χ3n) is 4.37. The predicted octanol–water partition coefficient (Wildman–Crippen LogP) is 4.23. The van der Waals surface area contributed by atoms with Gasteiger partial charge in [0.1, 0.15) is 11.7 Å². The lowest BCUT2D eigenvalue weighted by Gasteiger charge is -2.21. The summed E-state index contributed by atoms with van der Waals surface area (Å²) in [7, 11) is 1.61. The van der Waals surface area contributed by atoms with E-state index in [1.54, 1.807) is 7.11 Å². The van der Waals surface area contributed by atoms with Gasteiger partial charge in [-0.2, -0.15) is 5.26 Å². The fourth-order valence-electron chi connectivity index (χ4n) is 3.08. The van der Waals surface area contributed by atoms with E-state index >= 15 is 0 Å². The van der Waals surface area contributed by atoms with Gasteiger partial charge in [0.05, 0.1) is 13.2 Å². The van der Waals surface area contributed by atoms with Crippen LogP contribution in [0.25, 0.3) is 0 Å². The van der Waals surface area contributed by atoms with Crippen LogP contribution in [0.4, 0.5) is 0 Å². The number of ketones is 1. The molecule has 1 atom stereocenters. The van der Waals surface area contributed by atoms with Crippen molar-refractivity contribution >= 4 is 5.78 Å². The van der Waals surface area contributed by atoms with Crippen LogP contribution >= 0.6 is 0 Å². The third kappa shape index (κ3) is 4.07. The molecule has 3 nitrogen and oxygen atoms in total. The fraction of sp³-hybridized carbons (Fsp3) is 0.556. The Balaban J connectivity index is 2.11. The van der Waals surface area contributed by atoms with Gasteiger partial charge in [-0.25, -0.2) is 0 Å². The van der Waals surface area contributed by atoms with Crippen LogP contribution in [0.5, 0.6) is 5.75 Å². The Bertz CT molecular complexity index is 493. The summed E-state index contributed by atoms with van der Waals surface area (Å²) >= 11 is 0. The molecule has 2 rings (SSSR count). The first kappa shape index (κ1) is 15.6. The molecule has 0 radical (unpaired) electrons. The Labute approximate surface area is 126 Å². The second kappa shape index (κ2) is 7.83. The summed E-state index contributed by atoms with van der Waals surface area (Å²) in [4.78, 5) is 12.7. The number of carbonyl (C=O) groups excluding carboxylic acids is 1. The molecular weight excluding hydrogens is 262 g/mol. The van der Waals surface area contributed by atoms with Crippen LogP contribution in [-0.4, -0.2) is 12.9 Å². The van der Waals surface area contributed by atoms with Crippen molar-refractivity contribution in [1.29, 1.82) is 5.26 Å². The molecule has 1 fully saturated rings. The van der Waals surface area contributed by atoms with Gasteiger partial charge in [-0.05, 0) is 30.5 Å². The third-order valence-corrected chi connectivity index (χ3v) is 4.37. The number of benzene rings is 1. The minimum absolute atomic E-state index is 0.0528. The fourth-order valence-corrected chi connectivity index (χ4v) is 3.08. The second-order valence-electron chi connectivity index (χ2n) is 5.78. The van der Waals surface area contributed by atoms with E-state index in [9.17, 15) is 10.1 Å². The largest absolute Gasteiger partial charge is 0.497 e. The molecule has 0 bridgehead atoms. The molecule has 0 saturated heterocycles. The van der Waals surface area contributed by atoms with Crippen molar-refractivity contribution in [2.24, 2.45) is 5.92 Å². The molecule has 0 aliphatic heterocycles. The van der Waals surface area contributed by atoms with Crippen molar-refractivity contribution in [3.63, 3.8) is 0 Å². The predicted molar refractivity (Wildman–Crippen MR) is 82.2 cm³/mol. The molecule has 1 unspecified atom stereocenters. The highest BCUT2D eigenvalue weighted by molar-refractivity contribution is 5.90. The van der Waals surface area contributed by atoms with Gasteiger partial charge in [-0.1, -0.05) is 44.2 Å². The van der Waals surface area contributed by atoms with Crippen molar-refractivity contribution in [2.45, 2.75) is 50.9 Å². The highest BCUT2D eigenvalue weighted by atomic mass is 16.5. The van der Waals surface area contributed by atoms with E-state index in [2.05, 4.69) is 6.07 Å². The standard InChI is InChI=1S/C18H23NO2/c1-21-16-11-9-14(10-12-16)17(13-19)18(20)15-7-5-3-2-4-6-8-15/h9-12,15,17H,2-8H2,1H3. The highest BCUT2D eigenvalue weighted by Gasteiger charge is 2.28. The Kier molecular flexibility index (Phi) is 5.80. The molecule has 3 heteroatoms. The summed E-state index contributed by atoms with van der Waals surface area (Å²) in [5, 5.41) is 9.43. The van der Waals surface area contributed by atoms with E-state index in [4.69, 9.17) is 4.74 Å². The van der Waals surface area contributed by atoms with Crippen LogP contribution < -0.4 is 4.74 Å². The molecule has 1 aromatic rings. The number of hydrogen-bond donors (Lipinski definition) is 0. The highest BCUT2D eigenvalue weighted by Crippen LogP contribution is 2.29. The maximum absolute atomic E-state index is 12.7. The van der Waals surface area contributed by atoms with Crippen LogP contribution in [0.3, 0.4) is 0 Å². The van der Waals surface area contributed by atoms with Gasteiger partial charge in [0.25, 0.3) is 0 Å². The first-order valence-electron chi connectivity index (χ1n) is 7.83. The van der Waals surface area contributed by atoms with E-state index in [1.807, 2.05) is 24.3 Å².